The van der Waals surface area contributed by atoms with Crippen LogP contribution in [-0.4, -0.2) is 31.7 Å². The fourth-order valence-corrected chi connectivity index (χ4v) is 2.78. The van der Waals surface area contributed by atoms with Gasteiger partial charge in [0.1, 0.15) is 0 Å². The maximum absolute atomic E-state index is 11.0. The number of rotatable bonds is 17. The quantitative estimate of drug-likeness (QED) is 0.233. The lowest BCUT2D eigenvalue weighted by molar-refractivity contribution is -0.120. The van der Waals surface area contributed by atoms with Crippen LogP contribution in [-0.2, 0) is 14.9 Å². The van der Waals surface area contributed by atoms with Crippen LogP contribution in [0.5, 0.6) is 0 Å². The first-order valence-corrected chi connectivity index (χ1v) is 12.6. The van der Waals surface area contributed by atoms with Gasteiger partial charge in [0.05, 0.1) is 5.75 Å². The van der Waals surface area contributed by atoms with Gasteiger partial charge in [0.25, 0.3) is 10.1 Å². The van der Waals surface area contributed by atoms with Crippen LogP contribution in [0.4, 0.5) is 0 Å². The first-order chi connectivity index (χ1) is 12.9. The second-order valence-electron chi connectivity index (χ2n) is 7.24. The number of amides is 1. The van der Waals surface area contributed by atoms with Gasteiger partial charge in [-0.25, -0.2) is 0 Å². The molecule has 0 aromatic carbocycles. The van der Waals surface area contributed by atoms with E-state index in [1.54, 1.807) is 7.05 Å². The number of unbranched alkanes of at least 4 members (excludes halogenated alkanes) is 14. The van der Waals surface area contributed by atoms with E-state index < -0.39 is 10.1 Å². The monoisotopic (exact) mass is 407 g/mol. The van der Waals surface area contributed by atoms with Crippen LogP contribution in [0.2, 0.25) is 0 Å². The summed E-state index contributed by atoms with van der Waals surface area (Å²) in [5, 5.41) is 2.68. The summed E-state index contributed by atoms with van der Waals surface area (Å²) in [4.78, 5) is 11.0. The van der Waals surface area contributed by atoms with Crippen molar-refractivity contribution in [1.29, 1.82) is 0 Å². The third kappa shape index (κ3) is 30.4. The molecule has 5 nitrogen and oxygen atoms in total. The highest BCUT2D eigenvalue weighted by Gasteiger charge is 1.97. The van der Waals surface area contributed by atoms with Gasteiger partial charge < -0.3 is 5.32 Å². The topological polar surface area (TPSA) is 83.5 Å². The summed E-state index contributed by atoms with van der Waals surface area (Å²) in [7, 11) is -1.95. The molecule has 0 atom stereocenters. The molecule has 0 rings (SSSR count). The summed E-state index contributed by atoms with van der Waals surface area (Å²) in [5.74, 6) is -0.0165. The van der Waals surface area contributed by atoms with Crippen LogP contribution in [0.1, 0.15) is 117 Å². The van der Waals surface area contributed by atoms with Crippen LogP contribution in [0.3, 0.4) is 0 Å². The predicted molar refractivity (Wildman–Crippen MR) is 116 cm³/mol. The molecule has 0 radical (unpaired) electrons. The molecule has 0 aliphatic rings. The predicted octanol–water partition coefficient (Wildman–Crippen LogP) is 5.89. The van der Waals surface area contributed by atoms with Gasteiger partial charge in [-0.1, -0.05) is 96.8 Å². The number of carbonyl (C=O) groups is 1. The number of carbonyl (C=O) groups excluding carboxylic acids is 1. The Morgan fingerprint density at radius 3 is 1.26 bits per heavy atom. The Labute approximate surface area is 168 Å². The molecule has 0 unspecified atom stereocenters. The molecular weight excluding hydrogens is 362 g/mol. The summed E-state index contributed by atoms with van der Waals surface area (Å²) in [6.45, 7) is 3.65. The Kier molecular flexibility index (Phi) is 23.0. The lowest BCUT2D eigenvalue weighted by atomic mass is 10.0. The van der Waals surface area contributed by atoms with E-state index in [2.05, 4.69) is 12.2 Å². The smallest absolute Gasteiger partial charge is 0.264 e. The van der Waals surface area contributed by atoms with Gasteiger partial charge in [-0.2, -0.15) is 8.42 Å². The fraction of sp³-hybridized carbons (Fsp3) is 0.952. The number of hydrogen-bond acceptors (Lipinski definition) is 3. The molecule has 0 heterocycles. The first-order valence-electron chi connectivity index (χ1n) is 11.0. The Balaban J connectivity index is 0. The highest BCUT2D eigenvalue weighted by atomic mass is 32.2. The Hall–Kier alpha value is -0.620. The van der Waals surface area contributed by atoms with Gasteiger partial charge in [0.15, 0.2) is 0 Å². The van der Waals surface area contributed by atoms with E-state index in [0.29, 0.717) is 6.42 Å². The molecule has 0 fully saturated rings. The lowest BCUT2D eigenvalue weighted by Crippen LogP contribution is -2.16. The molecular formula is C21H45NO4S. The average Bonchev–Trinajstić information content (AvgIpc) is 2.64. The van der Waals surface area contributed by atoms with Crippen LogP contribution in [0.15, 0.2) is 0 Å². The summed E-state index contributed by atoms with van der Waals surface area (Å²) >= 11 is 0. The Morgan fingerprint density at radius 1 is 0.704 bits per heavy atom. The van der Waals surface area contributed by atoms with E-state index in [1.165, 1.54) is 96.8 Å². The van der Waals surface area contributed by atoms with E-state index in [9.17, 15) is 13.2 Å². The summed E-state index contributed by atoms with van der Waals surface area (Å²) < 4.78 is 26.9. The molecule has 164 valence electrons. The molecule has 0 bridgehead atoms. The summed E-state index contributed by atoms with van der Waals surface area (Å²) in [6, 6.07) is 0. The van der Waals surface area contributed by atoms with Gasteiger partial charge in [-0.05, 0) is 13.3 Å². The van der Waals surface area contributed by atoms with Gasteiger partial charge in [-0.3, -0.25) is 9.35 Å². The van der Waals surface area contributed by atoms with E-state index >= 15 is 0 Å². The van der Waals surface area contributed by atoms with Gasteiger partial charge in [0.2, 0.25) is 5.91 Å². The van der Waals surface area contributed by atoms with Crippen LogP contribution >= 0.6 is 0 Å². The first kappa shape index (κ1) is 28.6. The minimum atomic E-state index is -3.66. The zero-order valence-corrected chi connectivity index (χ0v) is 18.9. The maximum atomic E-state index is 11.0. The molecule has 27 heavy (non-hydrogen) atoms. The minimum absolute atomic E-state index is 0.185. The largest absolute Gasteiger partial charge is 0.359 e. The normalized spacial score (nSPS) is 11.0. The molecule has 0 spiro atoms. The molecule has 0 saturated carbocycles. The van der Waals surface area contributed by atoms with Crippen LogP contribution in [0, 0.1) is 0 Å². The van der Waals surface area contributed by atoms with Gasteiger partial charge in [0, 0.05) is 13.5 Å². The lowest BCUT2D eigenvalue weighted by Gasteiger charge is -2.03. The van der Waals surface area contributed by atoms with Gasteiger partial charge in [-0.15, -0.1) is 0 Å². The molecule has 1 amide bonds. The van der Waals surface area contributed by atoms with E-state index in [4.69, 9.17) is 4.55 Å². The van der Waals surface area contributed by atoms with E-state index in [1.807, 2.05) is 0 Å². The van der Waals surface area contributed by atoms with E-state index in [-0.39, 0.29) is 11.7 Å². The Morgan fingerprint density at radius 2 is 1.00 bits per heavy atom. The highest BCUT2D eigenvalue weighted by molar-refractivity contribution is 7.85. The third-order valence-corrected chi connectivity index (χ3v) is 5.38. The fourth-order valence-electron chi connectivity index (χ4n) is 2.78. The summed E-state index contributed by atoms with van der Waals surface area (Å²) in [6.07, 6.45) is 21.3. The van der Waals surface area contributed by atoms with Crippen LogP contribution < -0.4 is 5.32 Å². The van der Waals surface area contributed by atoms with Crippen molar-refractivity contribution in [2.75, 3.05) is 12.8 Å². The minimum Gasteiger partial charge on any atom is -0.359 e. The standard InChI is InChI=1S/C19H39NO.C2H6O3S/c1-3-4-5-6-7-8-9-10-11-12-13-14-15-16-17-18-19(21)20-2;1-2-6(3,4)5/h3-18H2,1-2H3,(H,20,21);2H2,1H3,(H,3,4,5). The van der Waals surface area contributed by atoms with Crippen molar-refractivity contribution in [1.82, 2.24) is 5.32 Å². The van der Waals surface area contributed by atoms with Crippen molar-refractivity contribution in [2.45, 2.75) is 117 Å². The Bertz CT molecular complexity index is 410. The summed E-state index contributed by atoms with van der Waals surface area (Å²) in [5.41, 5.74) is 0. The highest BCUT2D eigenvalue weighted by Crippen LogP contribution is 2.13. The van der Waals surface area contributed by atoms with Crippen molar-refractivity contribution in [2.24, 2.45) is 0 Å². The zero-order valence-electron chi connectivity index (χ0n) is 18.1. The van der Waals surface area contributed by atoms with Crippen molar-refractivity contribution >= 4 is 16.0 Å². The molecule has 0 saturated heterocycles. The van der Waals surface area contributed by atoms with E-state index in [0.717, 1.165) is 6.42 Å². The number of hydrogen-bond donors (Lipinski definition) is 2. The molecule has 0 aromatic rings. The van der Waals surface area contributed by atoms with Crippen LogP contribution in [0.25, 0.3) is 0 Å². The third-order valence-electron chi connectivity index (χ3n) is 4.65. The SMILES string of the molecule is CCCCCCCCCCCCCCCCCC(=O)NC.CCS(=O)(=O)O. The zero-order chi connectivity index (χ0) is 20.8. The second-order valence-corrected chi connectivity index (χ2v) is 8.98. The molecule has 0 aliphatic heterocycles. The molecule has 0 aliphatic carbocycles. The molecule has 2 N–H and O–H groups in total. The van der Waals surface area contributed by atoms with Crippen molar-refractivity contribution in [3.8, 4) is 0 Å². The van der Waals surface area contributed by atoms with Crippen molar-refractivity contribution < 1.29 is 17.8 Å². The molecule has 6 heteroatoms. The van der Waals surface area contributed by atoms with Gasteiger partial charge >= 0.3 is 0 Å². The second kappa shape index (κ2) is 21.7. The number of nitrogens with one attached hydrogen (secondary N) is 1. The maximum Gasteiger partial charge on any atom is 0.264 e. The van der Waals surface area contributed by atoms with Crippen molar-refractivity contribution in [3.63, 3.8) is 0 Å². The molecule has 0 aromatic heterocycles. The average molecular weight is 408 g/mol. The van der Waals surface area contributed by atoms with Crippen molar-refractivity contribution in [3.05, 3.63) is 0 Å².